The summed E-state index contributed by atoms with van der Waals surface area (Å²) in [7, 11) is -25.7. The summed E-state index contributed by atoms with van der Waals surface area (Å²) >= 11 is 0. The van der Waals surface area contributed by atoms with Crippen LogP contribution in [0.25, 0.3) is 0 Å². The van der Waals surface area contributed by atoms with Crippen molar-refractivity contribution in [2.45, 2.75) is 0 Å². The summed E-state index contributed by atoms with van der Waals surface area (Å²) in [6.45, 7) is 0. The van der Waals surface area contributed by atoms with E-state index in [0.29, 0.717) is 0 Å². The Morgan fingerprint density at radius 3 is 0.333 bits per heavy atom. The molecule has 20 nitrogen and oxygen atoms in total. The Balaban J connectivity index is -0.0000000364. The molecule has 0 aromatic carbocycles. The largest absolute Gasteiger partial charge is 0.790 e. The van der Waals surface area contributed by atoms with Gasteiger partial charge in [-0.15, -0.1) is 0 Å². The molecule has 0 rings (SSSR count). The molecule has 0 aliphatic rings. The van der Waals surface area contributed by atoms with Crippen LogP contribution in [0, 0.1) is 0 Å². The van der Waals surface area contributed by atoms with Gasteiger partial charge >= 0.3 is 0 Å². The van der Waals surface area contributed by atoms with E-state index in [1.165, 1.54) is 0 Å². The van der Waals surface area contributed by atoms with E-state index in [2.05, 4.69) is 0 Å². The Labute approximate surface area is 172 Å². The van der Waals surface area contributed by atoms with Crippen LogP contribution in [-0.2, 0) is 59.9 Å². The van der Waals surface area contributed by atoms with Gasteiger partial charge in [0.25, 0.3) is 0 Å². The molecule has 0 aliphatic carbocycles. The van der Waals surface area contributed by atoms with E-state index < -0.39 is 39.1 Å². The van der Waals surface area contributed by atoms with Crippen molar-refractivity contribution in [3.8, 4) is 0 Å². The molecule has 0 aliphatic heterocycles. The second-order valence-corrected chi connectivity index (χ2v) is 7.03. The molecule has 0 saturated carbocycles. The van der Waals surface area contributed by atoms with E-state index in [-0.39, 0.29) is 37.1 Å². The quantitative estimate of drug-likeness (QED) is 0.165. The van der Waals surface area contributed by atoms with E-state index in [1.807, 2.05) is 0 Å². The predicted octanol–water partition coefficient (Wildman–Crippen LogP) is -11.0. The summed E-state index contributed by atoms with van der Waals surface area (Å²) in [5.74, 6) is 0. The van der Waals surface area contributed by atoms with Gasteiger partial charge in [-0.25, -0.2) is 0 Å². The minimum absolute atomic E-state index is 0. The van der Waals surface area contributed by atoms with Crippen LogP contribution in [0.15, 0.2) is 0 Å². The van der Waals surface area contributed by atoms with Crippen molar-refractivity contribution in [3.05, 3.63) is 0 Å². The summed E-state index contributed by atoms with van der Waals surface area (Å²) in [4.78, 5) is 121. The van der Waals surface area contributed by atoms with Crippen molar-refractivity contribution in [3.63, 3.8) is 0 Å². The minimum atomic E-state index is -5.14. The molecule has 0 spiro atoms. The fraction of sp³-hybridized carbons (Fsp3) is 0. The predicted molar refractivity (Wildman–Crippen MR) is 49.1 cm³/mol. The third-order valence-electron chi connectivity index (χ3n) is 0. The van der Waals surface area contributed by atoms with Crippen LogP contribution in [0.4, 0.5) is 0 Å². The van der Waals surface area contributed by atoms with Gasteiger partial charge in [-0.3, -0.25) is 0 Å². The molecular formula is H5O20P5V2-10. The molecule has 0 aromatic heterocycles. The molecule has 27 heavy (non-hydrogen) atoms. The first-order valence-electron chi connectivity index (χ1n) is 3.74. The van der Waals surface area contributed by atoms with E-state index >= 15 is 0 Å². The fourth-order valence-corrected chi connectivity index (χ4v) is 0. The number of hydrogen-bond donors (Lipinski definition) is 5. The molecule has 170 valence electrons. The Kier molecular flexibility index (Phi) is 34.1. The van der Waals surface area contributed by atoms with E-state index in [0.717, 1.165) is 0 Å². The Bertz CT molecular complexity index is 375. The number of phosphoric acid groups is 5. The zero-order valence-electron chi connectivity index (χ0n) is 11.5. The molecule has 5 N–H and O–H groups in total. The van der Waals surface area contributed by atoms with Crippen LogP contribution < -0.4 is 48.9 Å². The van der Waals surface area contributed by atoms with Crippen molar-refractivity contribution in [1.82, 2.24) is 0 Å². The number of rotatable bonds is 0. The molecule has 2 radical (unpaired) electrons. The van der Waals surface area contributed by atoms with Crippen LogP contribution in [0.3, 0.4) is 0 Å². The summed E-state index contributed by atoms with van der Waals surface area (Å²) in [6.07, 6.45) is 0. The maximum atomic E-state index is 8.66. The van der Waals surface area contributed by atoms with Crippen molar-refractivity contribution >= 4 is 39.1 Å². The average molecular weight is 582 g/mol. The van der Waals surface area contributed by atoms with Crippen molar-refractivity contribution in [2.75, 3.05) is 0 Å². The van der Waals surface area contributed by atoms with E-state index in [1.54, 1.807) is 0 Å². The maximum absolute atomic E-state index is 8.66. The van der Waals surface area contributed by atoms with Crippen LogP contribution >= 0.6 is 39.1 Å². The van der Waals surface area contributed by atoms with Gasteiger partial charge in [0.1, 0.15) is 0 Å². The monoisotopic (exact) mass is 582 g/mol. The first-order valence-corrected chi connectivity index (χ1v) is 11.2. The molecule has 0 bridgehead atoms. The van der Waals surface area contributed by atoms with Gasteiger partial charge in [-0.1, -0.05) is 0 Å². The minimum Gasteiger partial charge on any atom is -0.790 e. The van der Waals surface area contributed by atoms with Gasteiger partial charge in [0.2, 0.25) is 0 Å². The fourth-order valence-electron chi connectivity index (χ4n) is 0. The molecule has 0 saturated heterocycles. The van der Waals surface area contributed by atoms with Gasteiger partial charge in [0.15, 0.2) is 0 Å². The molecule has 0 amide bonds. The molecule has 0 heterocycles. The van der Waals surface area contributed by atoms with Crippen LogP contribution in [0.2, 0.25) is 0 Å². The molecule has 0 fully saturated rings. The van der Waals surface area contributed by atoms with Gasteiger partial charge in [0, 0.05) is 37.1 Å². The third-order valence-corrected chi connectivity index (χ3v) is 0. The molecular weight excluding hydrogens is 577 g/mol. The average Bonchev–Trinajstić information content (AvgIpc) is 1.79. The van der Waals surface area contributed by atoms with Gasteiger partial charge < -0.3 is 96.2 Å². The standard InChI is InChI=1S/5H3O4P.2V/c5*1-5(2,3)4;;/h5*(H3,1,2,3,4);;/p-10. The van der Waals surface area contributed by atoms with Crippen LogP contribution in [0.1, 0.15) is 0 Å². The van der Waals surface area contributed by atoms with Gasteiger partial charge in [0.05, 0.1) is 39.1 Å². The molecule has 0 atom stereocenters. The third kappa shape index (κ3) is 6210. The summed E-state index contributed by atoms with van der Waals surface area (Å²) in [6, 6.07) is 0. The Morgan fingerprint density at radius 1 is 0.333 bits per heavy atom. The Morgan fingerprint density at radius 2 is 0.333 bits per heavy atom. The maximum Gasteiger partial charge on any atom is 0.0557 e. The molecule has 0 unspecified atom stereocenters. The van der Waals surface area contributed by atoms with Gasteiger partial charge in [-0.05, 0) is 0 Å². The van der Waals surface area contributed by atoms with Crippen LogP contribution in [-0.4, -0.2) is 24.5 Å². The smallest absolute Gasteiger partial charge is 0.0557 e. The van der Waals surface area contributed by atoms with Crippen molar-refractivity contribution in [2.24, 2.45) is 0 Å². The zero-order valence-corrected chi connectivity index (χ0v) is 18.8. The second-order valence-electron chi connectivity index (χ2n) is 2.34. The first kappa shape index (κ1) is 46.8. The summed E-state index contributed by atoms with van der Waals surface area (Å²) in [5.41, 5.74) is 0. The first-order chi connectivity index (χ1) is 10.0. The van der Waals surface area contributed by atoms with E-state index in [4.69, 9.17) is 96.2 Å². The normalized spacial score (nSPS) is 10.9. The van der Waals surface area contributed by atoms with Gasteiger partial charge in [-0.2, -0.15) is 0 Å². The molecule has 0 aromatic rings. The topological polar surface area (TPSA) is 417 Å². The summed E-state index contributed by atoms with van der Waals surface area (Å²) in [5, 5.41) is 0. The number of hydrogen-bond acceptors (Lipinski definition) is 15. The van der Waals surface area contributed by atoms with Crippen LogP contribution in [0.5, 0.6) is 0 Å². The zero-order chi connectivity index (χ0) is 22.5. The van der Waals surface area contributed by atoms with E-state index in [9.17, 15) is 0 Å². The molecule has 27 heteroatoms. The Hall–Kier alpha value is 1.72. The van der Waals surface area contributed by atoms with Crippen molar-refractivity contribution in [1.29, 1.82) is 0 Å². The SMILES string of the molecule is O=P([O-])([O-])O.O=P([O-])([O-])O.O=P([O-])([O-])O.O=P([O-])([O-])O.O=P([O-])([O-])O.[V].[V]. The second kappa shape index (κ2) is 19.7. The van der Waals surface area contributed by atoms with Crippen molar-refractivity contribution < 1.29 is 133 Å². The summed E-state index contributed by atoms with van der Waals surface area (Å²) < 4.78 is 43.3.